The van der Waals surface area contributed by atoms with Crippen molar-refractivity contribution in [3.63, 3.8) is 0 Å². The summed E-state index contributed by atoms with van der Waals surface area (Å²) in [6, 6.07) is 14.8. The molecule has 0 saturated carbocycles. The second kappa shape index (κ2) is 11.3. The van der Waals surface area contributed by atoms with Gasteiger partial charge < -0.3 is 19.7 Å². The molecule has 1 N–H and O–H groups in total. The normalized spacial score (nSPS) is 15.5. The lowest BCUT2D eigenvalue weighted by molar-refractivity contribution is -0.151. The fourth-order valence-electron chi connectivity index (χ4n) is 3.59. The third-order valence-electron chi connectivity index (χ3n) is 5.32. The Bertz CT molecular complexity index is 924. The SMILES string of the molecule is CCCCc1ccc(N2C[C@@H](C(=O)OCC(=O)Nc3ccc(OCC)cc3)CC2=O)cc1. The van der Waals surface area contributed by atoms with Crippen molar-refractivity contribution in [2.24, 2.45) is 5.92 Å². The molecular weight excluding hydrogens is 408 g/mol. The summed E-state index contributed by atoms with van der Waals surface area (Å²) in [6.45, 7) is 4.47. The van der Waals surface area contributed by atoms with E-state index < -0.39 is 24.4 Å². The Balaban J connectivity index is 1.47. The number of aryl methyl sites for hydroxylation is 1. The van der Waals surface area contributed by atoms with Crippen molar-refractivity contribution in [1.29, 1.82) is 0 Å². The predicted octanol–water partition coefficient (Wildman–Crippen LogP) is 3.96. The van der Waals surface area contributed by atoms with E-state index in [4.69, 9.17) is 9.47 Å². The first-order valence-corrected chi connectivity index (χ1v) is 11.1. The van der Waals surface area contributed by atoms with Crippen LogP contribution in [0.4, 0.5) is 11.4 Å². The molecule has 170 valence electrons. The van der Waals surface area contributed by atoms with Crippen molar-refractivity contribution in [2.75, 3.05) is 30.0 Å². The highest BCUT2D eigenvalue weighted by molar-refractivity contribution is 6.00. The Morgan fingerprint density at radius 2 is 1.78 bits per heavy atom. The molecule has 0 spiro atoms. The molecule has 1 fully saturated rings. The van der Waals surface area contributed by atoms with Gasteiger partial charge in [0.25, 0.3) is 5.91 Å². The number of benzene rings is 2. The van der Waals surface area contributed by atoms with Crippen LogP contribution in [0.2, 0.25) is 0 Å². The molecule has 3 rings (SSSR count). The largest absolute Gasteiger partial charge is 0.494 e. The molecule has 1 atom stereocenters. The van der Waals surface area contributed by atoms with E-state index in [2.05, 4.69) is 12.2 Å². The second-order valence-corrected chi connectivity index (χ2v) is 7.79. The van der Waals surface area contributed by atoms with Gasteiger partial charge in [0.2, 0.25) is 5.91 Å². The van der Waals surface area contributed by atoms with E-state index in [0.29, 0.717) is 18.0 Å². The van der Waals surface area contributed by atoms with Gasteiger partial charge in [-0.05, 0) is 61.7 Å². The lowest BCUT2D eigenvalue weighted by atomic mass is 10.1. The molecule has 1 aliphatic rings. The Morgan fingerprint density at radius 3 is 2.44 bits per heavy atom. The standard InChI is InChI=1S/C25H30N2O5/c1-3-5-6-18-7-11-21(12-8-18)27-16-19(15-24(27)29)25(30)32-17-23(28)26-20-9-13-22(14-10-20)31-4-2/h7-14,19H,3-6,15-17H2,1-2H3,(H,26,28)/t19-/m0/s1. The molecule has 1 aliphatic heterocycles. The summed E-state index contributed by atoms with van der Waals surface area (Å²) in [5, 5.41) is 2.67. The van der Waals surface area contributed by atoms with Gasteiger partial charge in [-0.2, -0.15) is 0 Å². The number of carbonyl (C=O) groups excluding carboxylic acids is 3. The number of carbonyl (C=O) groups is 3. The molecule has 0 unspecified atom stereocenters. The number of hydrogen-bond acceptors (Lipinski definition) is 5. The van der Waals surface area contributed by atoms with Gasteiger partial charge >= 0.3 is 5.97 Å². The summed E-state index contributed by atoms with van der Waals surface area (Å²) in [5.74, 6) is -0.968. The topological polar surface area (TPSA) is 84.9 Å². The highest BCUT2D eigenvalue weighted by atomic mass is 16.5. The van der Waals surface area contributed by atoms with Gasteiger partial charge in [-0.25, -0.2) is 0 Å². The highest BCUT2D eigenvalue weighted by Gasteiger charge is 2.36. The van der Waals surface area contributed by atoms with Crippen LogP contribution >= 0.6 is 0 Å². The number of nitrogens with zero attached hydrogens (tertiary/aromatic N) is 1. The van der Waals surface area contributed by atoms with Crippen LogP contribution in [0, 0.1) is 5.92 Å². The van der Waals surface area contributed by atoms with Gasteiger partial charge in [-0.15, -0.1) is 0 Å². The molecule has 2 amide bonds. The van der Waals surface area contributed by atoms with Gasteiger partial charge in [0.05, 0.1) is 12.5 Å². The Labute approximate surface area is 188 Å². The van der Waals surface area contributed by atoms with Crippen molar-refractivity contribution >= 4 is 29.2 Å². The summed E-state index contributed by atoms with van der Waals surface area (Å²) < 4.78 is 10.5. The van der Waals surface area contributed by atoms with E-state index >= 15 is 0 Å². The van der Waals surface area contributed by atoms with Crippen molar-refractivity contribution in [3.8, 4) is 5.75 Å². The predicted molar refractivity (Wildman–Crippen MR) is 123 cm³/mol. The summed E-state index contributed by atoms with van der Waals surface area (Å²) >= 11 is 0. The quantitative estimate of drug-likeness (QED) is 0.568. The molecule has 7 heteroatoms. The maximum Gasteiger partial charge on any atom is 0.311 e. The van der Waals surface area contributed by atoms with Crippen LogP contribution in [0.15, 0.2) is 48.5 Å². The van der Waals surface area contributed by atoms with Crippen LogP contribution in [0.3, 0.4) is 0 Å². The van der Waals surface area contributed by atoms with Gasteiger partial charge in [-0.3, -0.25) is 14.4 Å². The zero-order valence-electron chi connectivity index (χ0n) is 18.6. The number of esters is 1. The van der Waals surface area contributed by atoms with Crippen LogP contribution in [0.25, 0.3) is 0 Å². The van der Waals surface area contributed by atoms with Gasteiger partial charge in [0.15, 0.2) is 6.61 Å². The number of anilines is 2. The van der Waals surface area contributed by atoms with E-state index in [1.807, 2.05) is 31.2 Å². The Hall–Kier alpha value is -3.35. The monoisotopic (exact) mass is 438 g/mol. The minimum atomic E-state index is -0.583. The molecule has 0 radical (unpaired) electrons. The maximum absolute atomic E-state index is 12.4. The summed E-state index contributed by atoms with van der Waals surface area (Å²) in [7, 11) is 0. The lowest BCUT2D eigenvalue weighted by Gasteiger charge is -2.17. The third kappa shape index (κ3) is 6.33. The molecule has 0 bridgehead atoms. The lowest BCUT2D eigenvalue weighted by Crippen LogP contribution is -2.28. The summed E-state index contributed by atoms with van der Waals surface area (Å²) in [4.78, 5) is 38.6. The van der Waals surface area contributed by atoms with Crippen LogP contribution in [0.5, 0.6) is 5.75 Å². The van der Waals surface area contributed by atoms with Gasteiger partial charge in [0, 0.05) is 24.3 Å². The Morgan fingerprint density at radius 1 is 1.06 bits per heavy atom. The molecular formula is C25H30N2O5. The highest BCUT2D eigenvalue weighted by Crippen LogP contribution is 2.26. The van der Waals surface area contributed by atoms with E-state index in [-0.39, 0.29) is 18.9 Å². The average Bonchev–Trinajstić information content (AvgIpc) is 3.19. The van der Waals surface area contributed by atoms with E-state index in [0.717, 1.165) is 24.9 Å². The molecule has 7 nitrogen and oxygen atoms in total. The number of ether oxygens (including phenoxy) is 2. The fraction of sp³-hybridized carbons (Fsp3) is 0.400. The number of hydrogen-bond donors (Lipinski definition) is 1. The van der Waals surface area contributed by atoms with E-state index in [1.165, 1.54) is 5.56 Å². The number of rotatable bonds is 10. The molecule has 2 aromatic rings. The first-order valence-electron chi connectivity index (χ1n) is 11.1. The first-order chi connectivity index (χ1) is 15.5. The van der Waals surface area contributed by atoms with Crippen molar-refractivity contribution < 1.29 is 23.9 Å². The summed E-state index contributed by atoms with van der Waals surface area (Å²) in [5.41, 5.74) is 2.59. The van der Waals surface area contributed by atoms with Crippen LogP contribution in [-0.2, 0) is 25.5 Å². The molecule has 1 heterocycles. The van der Waals surface area contributed by atoms with Crippen LogP contribution < -0.4 is 15.0 Å². The number of unbranched alkanes of at least 4 members (excludes halogenated alkanes) is 1. The average molecular weight is 439 g/mol. The summed E-state index contributed by atoms with van der Waals surface area (Å²) in [6.07, 6.45) is 3.35. The molecule has 0 aromatic heterocycles. The van der Waals surface area contributed by atoms with E-state index in [1.54, 1.807) is 29.2 Å². The first kappa shape index (κ1) is 23.3. The zero-order valence-corrected chi connectivity index (χ0v) is 18.6. The molecule has 1 saturated heterocycles. The van der Waals surface area contributed by atoms with Crippen molar-refractivity contribution in [1.82, 2.24) is 0 Å². The fourth-order valence-corrected chi connectivity index (χ4v) is 3.59. The second-order valence-electron chi connectivity index (χ2n) is 7.79. The minimum Gasteiger partial charge on any atom is -0.494 e. The smallest absolute Gasteiger partial charge is 0.311 e. The van der Waals surface area contributed by atoms with Crippen LogP contribution in [-0.4, -0.2) is 37.5 Å². The van der Waals surface area contributed by atoms with Crippen LogP contribution in [0.1, 0.15) is 38.7 Å². The van der Waals surface area contributed by atoms with Gasteiger partial charge in [-0.1, -0.05) is 25.5 Å². The molecule has 0 aliphatic carbocycles. The molecule has 2 aromatic carbocycles. The maximum atomic E-state index is 12.4. The van der Waals surface area contributed by atoms with Crippen molar-refractivity contribution in [3.05, 3.63) is 54.1 Å². The minimum absolute atomic E-state index is 0.0803. The van der Waals surface area contributed by atoms with Gasteiger partial charge in [0.1, 0.15) is 5.75 Å². The number of amides is 2. The van der Waals surface area contributed by atoms with Crippen molar-refractivity contribution in [2.45, 2.75) is 39.5 Å². The zero-order chi connectivity index (χ0) is 22.9. The molecule has 32 heavy (non-hydrogen) atoms. The number of nitrogens with one attached hydrogen (secondary N) is 1. The Kier molecular flexibility index (Phi) is 8.25. The van der Waals surface area contributed by atoms with E-state index in [9.17, 15) is 14.4 Å². The third-order valence-corrected chi connectivity index (χ3v) is 5.32.